The van der Waals surface area contributed by atoms with E-state index in [2.05, 4.69) is 10.3 Å². The Morgan fingerprint density at radius 2 is 2.00 bits per heavy atom. The number of halogens is 4. The minimum Gasteiger partial charge on any atom is -0.382 e. The van der Waals surface area contributed by atoms with Crippen molar-refractivity contribution >= 4 is 28.2 Å². The van der Waals surface area contributed by atoms with Crippen molar-refractivity contribution in [1.82, 2.24) is 4.98 Å². The number of hydrogen-bond donors (Lipinski definition) is 2. The first-order valence-corrected chi connectivity index (χ1v) is 7.90. The van der Waals surface area contributed by atoms with Crippen molar-refractivity contribution < 1.29 is 13.2 Å². The van der Waals surface area contributed by atoms with Gasteiger partial charge in [0.05, 0.1) is 5.52 Å². The number of benzene rings is 1. The predicted octanol–water partition coefficient (Wildman–Crippen LogP) is 4.59. The average Bonchev–Trinajstić information content (AvgIpc) is 2.46. The van der Waals surface area contributed by atoms with Crippen LogP contribution in [0.2, 0.25) is 5.02 Å². The van der Waals surface area contributed by atoms with Crippen LogP contribution in [-0.2, 0) is 6.18 Å². The van der Waals surface area contributed by atoms with Crippen LogP contribution < -0.4 is 11.1 Å². The zero-order valence-corrected chi connectivity index (χ0v) is 13.1. The van der Waals surface area contributed by atoms with Gasteiger partial charge in [-0.05, 0) is 49.9 Å². The molecule has 1 heterocycles. The first kappa shape index (κ1) is 16.3. The molecule has 3 nitrogen and oxygen atoms in total. The molecule has 0 saturated heterocycles. The average molecular weight is 344 g/mol. The number of rotatable bonds is 2. The van der Waals surface area contributed by atoms with Gasteiger partial charge in [-0.1, -0.05) is 11.6 Å². The molecular formula is C16H17ClF3N3. The van der Waals surface area contributed by atoms with Gasteiger partial charge in [-0.25, -0.2) is 4.98 Å². The highest BCUT2D eigenvalue weighted by molar-refractivity contribution is 6.31. The fraction of sp³-hybridized carbons (Fsp3) is 0.438. The highest BCUT2D eigenvalue weighted by Crippen LogP contribution is 2.35. The van der Waals surface area contributed by atoms with Crippen LogP contribution in [0.5, 0.6) is 0 Å². The maximum Gasteiger partial charge on any atom is 0.433 e. The number of nitrogens with zero attached hydrogens (tertiary/aromatic N) is 1. The van der Waals surface area contributed by atoms with Crippen molar-refractivity contribution in [2.75, 3.05) is 5.32 Å². The van der Waals surface area contributed by atoms with Crippen LogP contribution >= 0.6 is 11.6 Å². The van der Waals surface area contributed by atoms with Crippen molar-refractivity contribution in [2.45, 2.75) is 43.9 Å². The van der Waals surface area contributed by atoms with Gasteiger partial charge in [0.1, 0.15) is 5.69 Å². The van der Waals surface area contributed by atoms with Crippen molar-refractivity contribution in [2.24, 2.45) is 5.73 Å². The minimum atomic E-state index is -4.49. The van der Waals surface area contributed by atoms with Gasteiger partial charge in [0.15, 0.2) is 0 Å². The molecule has 2 aromatic rings. The molecule has 0 bridgehead atoms. The number of hydrogen-bond acceptors (Lipinski definition) is 3. The summed E-state index contributed by atoms with van der Waals surface area (Å²) in [6.45, 7) is 0. The quantitative estimate of drug-likeness (QED) is 0.838. The minimum absolute atomic E-state index is 0.0596. The van der Waals surface area contributed by atoms with Crippen molar-refractivity contribution in [3.05, 3.63) is 35.0 Å². The van der Waals surface area contributed by atoms with Crippen LogP contribution in [0.15, 0.2) is 24.3 Å². The molecule has 1 aromatic heterocycles. The number of alkyl halides is 3. The fourth-order valence-electron chi connectivity index (χ4n) is 3.04. The second-order valence-corrected chi connectivity index (χ2v) is 6.42. The summed E-state index contributed by atoms with van der Waals surface area (Å²) in [5.41, 5.74) is 5.73. The Bertz CT molecular complexity index is 718. The molecule has 0 unspecified atom stereocenters. The number of pyridine rings is 1. The number of aromatic nitrogens is 1. The third-order valence-corrected chi connectivity index (χ3v) is 4.37. The summed E-state index contributed by atoms with van der Waals surface area (Å²) >= 11 is 5.99. The smallest absolute Gasteiger partial charge is 0.382 e. The van der Waals surface area contributed by atoms with E-state index in [4.69, 9.17) is 17.3 Å². The topological polar surface area (TPSA) is 50.9 Å². The van der Waals surface area contributed by atoms with Crippen LogP contribution in [0.4, 0.5) is 18.9 Å². The molecule has 1 aliphatic rings. The van der Waals surface area contributed by atoms with Gasteiger partial charge < -0.3 is 11.1 Å². The second kappa shape index (κ2) is 6.17. The van der Waals surface area contributed by atoms with Crippen LogP contribution in [0.25, 0.3) is 10.9 Å². The van der Waals surface area contributed by atoms with Gasteiger partial charge in [-0.3, -0.25) is 0 Å². The molecule has 23 heavy (non-hydrogen) atoms. The Labute approximate surface area is 137 Å². The Kier molecular flexibility index (Phi) is 4.38. The molecule has 124 valence electrons. The molecule has 2 atom stereocenters. The number of nitrogens with one attached hydrogen (secondary N) is 1. The summed E-state index contributed by atoms with van der Waals surface area (Å²) in [6.07, 6.45) is -0.942. The normalized spacial score (nSPS) is 22.3. The van der Waals surface area contributed by atoms with E-state index in [-0.39, 0.29) is 17.6 Å². The SMILES string of the molecule is N[C@@H]1CCC[C@H](Nc2cc(C(F)(F)F)nc3ccc(Cl)cc23)C1. The molecule has 1 fully saturated rings. The van der Waals surface area contributed by atoms with Crippen LogP contribution in [-0.4, -0.2) is 17.1 Å². The molecule has 1 aliphatic carbocycles. The number of nitrogens with two attached hydrogens (primary N) is 1. The van der Waals surface area contributed by atoms with E-state index in [1.807, 2.05) is 0 Å². The fourth-order valence-corrected chi connectivity index (χ4v) is 3.21. The van der Waals surface area contributed by atoms with E-state index in [0.29, 0.717) is 16.1 Å². The zero-order chi connectivity index (χ0) is 16.6. The van der Waals surface area contributed by atoms with Crippen LogP contribution in [0.1, 0.15) is 31.4 Å². The third-order valence-electron chi connectivity index (χ3n) is 4.14. The van der Waals surface area contributed by atoms with Crippen molar-refractivity contribution in [3.8, 4) is 0 Å². The first-order chi connectivity index (χ1) is 10.8. The zero-order valence-electron chi connectivity index (χ0n) is 12.3. The van der Waals surface area contributed by atoms with E-state index in [1.165, 1.54) is 12.1 Å². The molecule has 0 amide bonds. The first-order valence-electron chi connectivity index (χ1n) is 7.52. The van der Waals surface area contributed by atoms with Crippen LogP contribution in [0.3, 0.4) is 0 Å². The lowest BCUT2D eigenvalue weighted by molar-refractivity contribution is -0.140. The van der Waals surface area contributed by atoms with Crippen molar-refractivity contribution in [3.63, 3.8) is 0 Å². The lowest BCUT2D eigenvalue weighted by atomic mass is 9.91. The molecular weight excluding hydrogens is 327 g/mol. The number of anilines is 1. The van der Waals surface area contributed by atoms with E-state index in [0.717, 1.165) is 31.7 Å². The predicted molar refractivity (Wildman–Crippen MR) is 85.6 cm³/mol. The number of fused-ring (bicyclic) bond motifs is 1. The van der Waals surface area contributed by atoms with Gasteiger partial charge in [0, 0.05) is 28.2 Å². The standard InChI is InChI=1S/C16H17ClF3N3/c17-9-4-5-13-12(6-9)14(8-15(23-13)16(18,19)20)22-11-3-1-2-10(21)7-11/h4-6,8,10-11H,1-3,7,21H2,(H,22,23)/t10-,11+/m1/s1. The molecule has 1 saturated carbocycles. The molecule has 7 heteroatoms. The van der Waals surface area contributed by atoms with Gasteiger partial charge in [0.25, 0.3) is 0 Å². The lowest BCUT2D eigenvalue weighted by Crippen LogP contribution is -2.35. The van der Waals surface area contributed by atoms with Gasteiger partial charge in [0.2, 0.25) is 0 Å². The molecule has 3 rings (SSSR count). The highest BCUT2D eigenvalue weighted by atomic mass is 35.5. The van der Waals surface area contributed by atoms with Crippen LogP contribution in [0, 0.1) is 0 Å². The second-order valence-electron chi connectivity index (χ2n) is 5.98. The van der Waals surface area contributed by atoms with Gasteiger partial charge >= 0.3 is 6.18 Å². The van der Waals surface area contributed by atoms with Gasteiger partial charge in [-0.2, -0.15) is 13.2 Å². The molecule has 1 aromatic carbocycles. The molecule has 0 spiro atoms. The summed E-state index contributed by atoms with van der Waals surface area (Å²) in [5, 5.41) is 4.26. The Hall–Kier alpha value is -1.53. The largest absolute Gasteiger partial charge is 0.433 e. The highest BCUT2D eigenvalue weighted by Gasteiger charge is 2.33. The summed E-state index contributed by atoms with van der Waals surface area (Å²) in [7, 11) is 0. The van der Waals surface area contributed by atoms with Crippen molar-refractivity contribution in [1.29, 1.82) is 0 Å². The summed E-state index contributed by atoms with van der Waals surface area (Å²) < 4.78 is 39.2. The lowest BCUT2D eigenvalue weighted by Gasteiger charge is -2.28. The maximum absolute atomic E-state index is 13.1. The Morgan fingerprint density at radius 3 is 2.70 bits per heavy atom. The maximum atomic E-state index is 13.1. The summed E-state index contributed by atoms with van der Waals surface area (Å²) in [4.78, 5) is 3.71. The van der Waals surface area contributed by atoms with E-state index in [1.54, 1.807) is 6.07 Å². The Morgan fingerprint density at radius 1 is 1.22 bits per heavy atom. The molecule has 0 radical (unpaired) electrons. The summed E-state index contributed by atoms with van der Waals surface area (Å²) in [5.74, 6) is 0. The van der Waals surface area contributed by atoms with E-state index >= 15 is 0 Å². The summed E-state index contributed by atoms with van der Waals surface area (Å²) in [6, 6.07) is 5.88. The third kappa shape index (κ3) is 3.70. The molecule has 0 aliphatic heterocycles. The monoisotopic (exact) mass is 343 g/mol. The molecule has 3 N–H and O–H groups in total. The Balaban J connectivity index is 2.03. The van der Waals surface area contributed by atoms with E-state index < -0.39 is 11.9 Å². The van der Waals surface area contributed by atoms with Gasteiger partial charge in [-0.15, -0.1) is 0 Å². The van der Waals surface area contributed by atoms with E-state index in [9.17, 15) is 13.2 Å².